The molecule has 0 amide bonds. The predicted octanol–water partition coefficient (Wildman–Crippen LogP) is 2.81. The van der Waals surface area contributed by atoms with Gasteiger partial charge in [-0.25, -0.2) is 0 Å². The highest BCUT2D eigenvalue weighted by Gasteiger charge is 1.88. The molecule has 0 unspecified atom stereocenters. The van der Waals surface area contributed by atoms with Crippen LogP contribution in [0.5, 0.6) is 0 Å². The second kappa shape index (κ2) is 12.6. The number of rotatable bonds is 7. The molecule has 0 saturated carbocycles. The summed E-state index contributed by atoms with van der Waals surface area (Å²) in [6, 6.07) is 0. The van der Waals surface area contributed by atoms with Crippen LogP contribution < -0.4 is 0 Å². The molecular formula is C10H20O. The maximum Gasteiger partial charge on any atom is 0.0431 e. The van der Waals surface area contributed by atoms with E-state index in [0.29, 0.717) is 6.61 Å². The van der Waals surface area contributed by atoms with Crippen LogP contribution in [0, 0.1) is 7.43 Å². The van der Waals surface area contributed by atoms with Gasteiger partial charge in [0, 0.05) is 14.0 Å². The van der Waals surface area contributed by atoms with Gasteiger partial charge in [-0.05, 0) is 6.42 Å². The molecule has 0 spiro atoms. The molecule has 11 heavy (non-hydrogen) atoms. The van der Waals surface area contributed by atoms with Gasteiger partial charge >= 0.3 is 0 Å². The Bertz CT molecular complexity index is 44.8. The van der Waals surface area contributed by atoms with Crippen LogP contribution in [0.1, 0.15) is 51.9 Å². The first-order valence-electron chi connectivity index (χ1n) is 4.52. The molecular weight excluding hydrogens is 136 g/mol. The lowest BCUT2D eigenvalue weighted by molar-refractivity contribution is 0.282. The van der Waals surface area contributed by atoms with Crippen LogP contribution >= 0.6 is 0 Å². The van der Waals surface area contributed by atoms with Gasteiger partial charge in [0.2, 0.25) is 0 Å². The number of aliphatic hydroxyl groups is 1. The van der Waals surface area contributed by atoms with Crippen LogP contribution in [-0.2, 0) is 0 Å². The van der Waals surface area contributed by atoms with Gasteiger partial charge in [-0.15, -0.1) is 0 Å². The van der Waals surface area contributed by atoms with Crippen LogP contribution in [0.3, 0.4) is 0 Å². The Labute approximate surface area is 71.8 Å². The van der Waals surface area contributed by atoms with Crippen molar-refractivity contribution in [3.05, 3.63) is 7.43 Å². The fraction of sp³-hybridized carbons (Fsp3) is 0.900. The minimum Gasteiger partial charge on any atom is -0.396 e. The Morgan fingerprint density at radius 2 is 1.27 bits per heavy atom. The monoisotopic (exact) mass is 156 g/mol. The Morgan fingerprint density at radius 3 is 1.73 bits per heavy atom. The molecule has 0 rings (SSSR count). The van der Waals surface area contributed by atoms with Crippen molar-refractivity contribution in [2.75, 3.05) is 6.61 Å². The second-order valence-electron chi connectivity index (χ2n) is 2.84. The zero-order chi connectivity index (χ0) is 7.66. The summed E-state index contributed by atoms with van der Waals surface area (Å²) >= 11 is 0. The molecule has 66 valence electrons. The smallest absolute Gasteiger partial charge is 0.0431 e. The zero-order valence-electron chi connectivity index (χ0n) is 7.60. The molecule has 1 heteroatoms. The first kappa shape index (κ1) is 13.5. The lowest BCUT2D eigenvalue weighted by Crippen LogP contribution is -1.83. The summed E-state index contributed by atoms with van der Waals surface area (Å²) in [5.41, 5.74) is 0. The summed E-state index contributed by atoms with van der Waals surface area (Å²) < 4.78 is 0. The summed E-state index contributed by atoms with van der Waals surface area (Å²) in [5, 5.41) is 8.47. The highest BCUT2D eigenvalue weighted by molar-refractivity contribution is 4.43. The third kappa shape index (κ3) is 13.0. The summed E-state index contributed by atoms with van der Waals surface area (Å²) in [5.74, 6) is 0. The number of aliphatic hydroxyl groups excluding tert-OH is 1. The minimum atomic E-state index is 0. The first-order valence-corrected chi connectivity index (χ1v) is 4.52. The van der Waals surface area contributed by atoms with Crippen LogP contribution in [-0.4, -0.2) is 11.7 Å². The topological polar surface area (TPSA) is 20.2 Å². The van der Waals surface area contributed by atoms with Crippen molar-refractivity contribution in [2.24, 2.45) is 0 Å². The van der Waals surface area contributed by atoms with E-state index < -0.39 is 0 Å². The number of hydrogen-bond donors (Lipinski definition) is 1. The average Bonchev–Trinajstić information content (AvgIpc) is 1.97. The van der Waals surface area contributed by atoms with Crippen LogP contribution in [0.2, 0.25) is 0 Å². The summed E-state index contributed by atoms with van der Waals surface area (Å²) in [4.78, 5) is 0. The van der Waals surface area contributed by atoms with E-state index >= 15 is 0 Å². The van der Waals surface area contributed by atoms with E-state index in [4.69, 9.17) is 5.11 Å². The maximum atomic E-state index is 8.47. The van der Waals surface area contributed by atoms with E-state index in [0.717, 1.165) is 6.42 Å². The molecule has 0 aromatic rings. The Kier molecular flexibility index (Phi) is 15.5. The van der Waals surface area contributed by atoms with Crippen molar-refractivity contribution in [3.63, 3.8) is 0 Å². The Hall–Kier alpha value is -0.0400. The van der Waals surface area contributed by atoms with Crippen molar-refractivity contribution < 1.29 is 5.11 Å². The van der Waals surface area contributed by atoms with Crippen molar-refractivity contribution in [1.29, 1.82) is 0 Å². The van der Waals surface area contributed by atoms with Crippen molar-refractivity contribution in [1.82, 2.24) is 0 Å². The van der Waals surface area contributed by atoms with Gasteiger partial charge in [0.1, 0.15) is 0 Å². The third-order valence-corrected chi connectivity index (χ3v) is 1.76. The summed E-state index contributed by atoms with van der Waals surface area (Å²) in [6.07, 6.45) is 8.93. The number of hydrogen-bond acceptors (Lipinski definition) is 1. The minimum absolute atomic E-state index is 0. The van der Waals surface area contributed by atoms with E-state index in [1.807, 2.05) is 0 Å². The van der Waals surface area contributed by atoms with Crippen molar-refractivity contribution >= 4 is 0 Å². The van der Waals surface area contributed by atoms with Gasteiger partial charge in [0.05, 0.1) is 0 Å². The van der Waals surface area contributed by atoms with Gasteiger partial charge < -0.3 is 5.11 Å². The van der Waals surface area contributed by atoms with Crippen molar-refractivity contribution in [2.45, 2.75) is 51.9 Å². The lowest BCUT2D eigenvalue weighted by Gasteiger charge is -1.97. The Balaban J connectivity index is 0. The molecule has 4 radical (unpaired) electrons. The molecule has 0 bridgehead atoms. The fourth-order valence-corrected chi connectivity index (χ4v) is 1.07. The first-order chi connectivity index (χ1) is 4.91. The molecule has 0 aliphatic carbocycles. The average molecular weight is 156 g/mol. The summed E-state index contributed by atoms with van der Waals surface area (Å²) in [7, 11) is 0. The molecule has 1 N–H and O–H groups in total. The molecule has 0 heterocycles. The standard InChI is InChI=1S/C9H20O.C/c1-2-3-4-5-6-7-8-9-10;/h10H,2-9H2,1H3;. The van der Waals surface area contributed by atoms with Gasteiger partial charge in [0.25, 0.3) is 0 Å². The van der Waals surface area contributed by atoms with Crippen LogP contribution in [0.15, 0.2) is 0 Å². The lowest BCUT2D eigenvalue weighted by atomic mass is 10.1. The third-order valence-electron chi connectivity index (χ3n) is 1.76. The van der Waals surface area contributed by atoms with Gasteiger partial charge in [-0.3, -0.25) is 0 Å². The summed E-state index contributed by atoms with van der Waals surface area (Å²) in [6.45, 7) is 2.60. The maximum absolute atomic E-state index is 8.47. The molecule has 1 nitrogen and oxygen atoms in total. The quantitative estimate of drug-likeness (QED) is 0.562. The highest BCUT2D eigenvalue weighted by Crippen LogP contribution is 2.05. The fourth-order valence-electron chi connectivity index (χ4n) is 1.07. The van der Waals surface area contributed by atoms with E-state index in [-0.39, 0.29) is 7.43 Å². The van der Waals surface area contributed by atoms with E-state index in [1.165, 1.54) is 38.5 Å². The van der Waals surface area contributed by atoms with E-state index in [2.05, 4.69) is 6.92 Å². The Morgan fingerprint density at radius 1 is 0.818 bits per heavy atom. The molecule has 0 aromatic heterocycles. The SMILES string of the molecule is CCCCCCCCCO.[C]. The zero-order valence-corrected chi connectivity index (χ0v) is 7.60. The van der Waals surface area contributed by atoms with Crippen molar-refractivity contribution in [3.8, 4) is 0 Å². The van der Waals surface area contributed by atoms with Crippen LogP contribution in [0.25, 0.3) is 0 Å². The highest BCUT2D eigenvalue weighted by atomic mass is 16.2. The van der Waals surface area contributed by atoms with Gasteiger partial charge in [0.15, 0.2) is 0 Å². The van der Waals surface area contributed by atoms with E-state index in [9.17, 15) is 0 Å². The predicted molar refractivity (Wildman–Crippen MR) is 48.3 cm³/mol. The molecule has 0 aliphatic rings. The van der Waals surface area contributed by atoms with E-state index in [1.54, 1.807) is 0 Å². The molecule has 0 aromatic carbocycles. The molecule has 0 atom stereocenters. The van der Waals surface area contributed by atoms with Gasteiger partial charge in [-0.2, -0.15) is 0 Å². The molecule has 0 fully saturated rings. The second-order valence-corrected chi connectivity index (χ2v) is 2.84. The van der Waals surface area contributed by atoms with Crippen LogP contribution in [0.4, 0.5) is 0 Å². The van der Waals surface area contributed by atoms with Gasteiger partial charge in [-0.1, -0.05) is 45.4 Å². The number of unbranched alkanes of at least 4 members (excludes halogenated alkanes) is 6. The largest absolute Gasteiger partial charge is 0.396 e. The molecule has 0 saturated heterocycles. The normalized spacial score (nSPS) is 9.27. The molecule has 0 aliphatic heterocycles.